The third-order valence-electron chi connectivity index (χ3n) is 5.28. The zero-order chi connectivity index (χ0) is 17.2. The Labute approximate surface area is 141 Å². The molecule has 1 aliphatic heterocycles. The van der Waals surface area contributed by atoms with Crippen LogP contribution in [0.25, 0.3) is 0 Å². The van der Waals surface area contributed by atoms with Gasteiger partial charge >= 0.3 is 0 Å². The third kappa shape index (κ3) is 3.11. The molecule has 1 aromatic heterocycles. The van der Waals surface area contributed by atoms with Crippen molar-refractivity contribution in [3.05, 3.63) is 23.9 Å². The highest BCUT2D eigenvalue weighted by Gasteiger charge is 2.52. The van der Waals surface area contributed by atoms with Crippen LogP contribution in [-0.2, 0) is 9.47 Å². The number of fused-ring (bicyclic) bond motifs is 1. The van der Waals surface area contributed by atoms with E-state index in [9.17, 15) is 4.79 Å². The van der Waals surface area contributed by atoms with Gasteiger partial charge in [-0.25, -0.2) is 4.98 Å². The highest BCUT2D eigenvalue weighted by atomic mass is 16.5. The molecule has 3 atom stereocenters. The second-order valence-corrected chi connectivity index (χ2v) is 6.50. The zero-order valence-corrected chi connectivity index (χ0v) is 14.0. The van der Waals surface area contributed by atoms with E-state index in [1.807, 2.05) is 4.90 Å². The highest BCUT2D eigenvalue weighted by Crippen LogP contribution is 2.43. The summed E-state index contributed by atoms with van der Waals surface area (Å²) in [6, 6.07) is 3.33. The van der Waals surface area contributed by atoms with Gasteiger partial charge in [0.15, 0.2) is 0 Å². The number of ether oxygens (including phenoxy) is 2. The maximum Gasteiger partial charge on any atom is 0.255 e. The van der Waals surface area contributed by atoms with Crippen LogP contribution in [0.3, 0.4) is 0 Å². The summed E-state index contributed by atoms with van der Waals surface area (Å²) in [5.74, 6) is 0.351. The van der Waals surface area contributed by atoms with Gasteiger partial charge < -0.3 is 25.2 Å². The quantitative estimate of drug-likeness (QED) is 0.827. The normalized spacial score (nSPS) is 29.5. The Balaban J connectivity index is 1.78. The van der Waals surface area contributed by atoms with Crippen LogP contribution in [0.15, 0.2) is 18.3 Å². The molecule has 0 bridgehead atoms. The average Bonchev–Trinajstić information content (AvgIpc) is 2.99. The summed E-state index contributed by atoms with van der Waals surface area (Å²) in [5, 5.41) is 8.96. The van der Waals surface area contributed by atoms with Gasteiger partial charge in [0.25, 0.3) is 5.91 Å². The van der Waals surface area contributed by atoms with Crippen molar-refractivity contribution in [1.82, 2.24) is 9.88 Å². The summed E-state index contributed by atoms with van der Waals surface area (Å²) in [4.78, 5) is 18.8. The van der Waals surface area contributed by atoms with Crippen LogP contribution in [0.2, 0.25) is 0 Å². The standard InChI is InChI=1S/C17H25N3O4/c1-23-17-5-4-13(24-9-8-21)10-14(17)20(7-6-17)16(22)12-2-3-15(18)19-11-12/h2-3,11,13-14,21H,4-10H2,1H3,(H2,18,19)/t13-,14-,17+/m1/s1. The molecule has 1 amide bonds. The number of pyridine rings is 1. The van der Waals surface area contributed by atoms with Crippen molar-refractivity contribution in [2.24, 2.45) is 0 Å². The molecule has 3 N–H and O–H groups in total. The summed E-state index contributed by atoms with van der Waals surface area (Å²) in [7, 11) is 1.72. The van der Waals surface area contributed by atoms with Crippen LogP contribution in [0, 0.1) is 0 Å². The number of anilines is 1. The molecule has 0 unspecified atom stereocenters. The Morgan fingerprint density at radius 2 is 2.33 bits per heavy atom. The first-order valence-electron chi connectivity index (χ1n) is 8.40. The molecular weight excluding hydrogens is 310 g/mol. The lowest BCUT2D eigenvalue weighted by Gasteiger charge is -2.43. The minimum Gasteiger partial charge on any atom is -0.394 e. The van der Waals surface area contributed by atoms with Crippen LogP contribution >= 0.6 is 0 Å². The van der Waals surface area contributed by atoms with E-state index in [0.717, 1.165) is 25.7 Å². The molecule has 2 aliphatic rings. The number of rotatable bonds is 5. The van der Waals surface area contributed by atoms with Gasteiger partial charge in [-0.2, -0.15) is 0 Å². The van der Waals surface area contributed by atoms with Crippen LogP contribution in [-0.4, -0.2) is 65.5 Å². The number of nitrogens with zero attached hydrogens (tertiary/aromatic N) is 2. The number of carbonyl (C=O) groups excluding carboxylic acids is 1. The fraction of sp³-hybridized carbons (Fsp3) is 0.647. The van der Waals surface area contributed by atoms with E-state index in [1.165, 1.54) is 6.20 Å². The molecule has 7 nitrogen and oxygen atoms in total. The molecule has 0 radical (unpaired) electrons. The molecule has 1 saturated heterocycles. The molecule has 2 heterocycles. The van der Waals surface area contributed by atoms with Gasteiger partial charge in [-0.3, -0.25) is 4.79 Å². The van der Waals surface area contributed by atoms with E-state index in [4.69, 9.17) is 20.3 Å². The number of aliphatic hydroxyl groups is 1. The molecule has 1 saturated carbocycles. The van der Waals surface area contributed by atoms with Crippen LogP contribution in [0.5, 0.6) is 0 Å². The summed E-state index contributed by atoms with van der Waals surface area (Å²) >= 11 is 0. The SMILES string of the molecule is CO[C@]12CC[C@@H](OCCO)C[C@H]1N(C(=O)c1ccc(N)nc1)CC2. The first kappa shape index (κ1) is 17.1. The van der Waals surface area contributed by atoms with Gasteiger partial charge in [0.05, 0.1) is 36.5 Å². The maximum atomic E-state index is 12.9. The molecule has 1 aliphatic carbocycles. The molecule has 132 valence electrons. The first-order valence-corrected chi connectivity index (χ1v) is 8.40. The van der Waals surface area contributed by atoms with E-state index in [2.05, 4.69) is 4.98 Å². The van der Waals surface area contributed by atoms with Crippen molar-refractivity contribution in [3.8, 4) is 0 Å². The molecule has 2 fully saturated rings. The molecule has 7 heteroatoms. The van der Waals surface area contributed by atoms with Crippen molar-refractivity contribution in [2.45, 2.75) is 43.4 Å². The monoisotopic (exact) mass is 335 g/mol. The second kappa shape index (κ2) is 7.04. The van der Waals surface area contributed by atoms with Crippen molar-refractivity contribution < 1.29 is 19.4 Å². The topological polar surface area (TPSA) is 97.9 Å². The summed E-state index contributed by atoms with van der Waals surface area (Å²) < 4.78 is 11.6. The fourth-order valence-electron chi connectivity index (χ4n) is 3.97. The van der Waals surface area contributed by atoms with Crippen LogP contribution in [0.1, 0.15) is 36.0 Å². The number of nitrogen functional groups attached to an aromatic ring is 1. The van der Waals surface area contributed by atoms with Crippen molar-refractivity contribution in [3.63, 3.8) is 0 Å². The Kier molecular flexibility index (Phi) is 5.03. The fourth-order valence-corrected chi connectivity index (χ4v) is 3.97. The number of amides is 1. The van der Waals surface area contributed by atoms with Gasteiger partial charge in [0.1, 0.15) is 5.82 Å². The number of aromatic nitrogens is 1. The van der Waals surface area contributed by atoms with Crippen molar-refractivity contribution in [1.29, 1.82) is 0 Å². The van der Waals surface area contributed by atoms with E-state index in [1.54, 1.807) is 19.2 Å². The van der Waals surface area contributed by atoms with Crippen LogP contribution < -0.4 is 5.73 Å². The lowest BCUT2D eigenvalue weighted by Crippen LogP contribution is -2.53. The minimum atomic E-state index is -0.296. The number of aliphatic hydroxyl groups excluding tert-OH is 1. The van der Waals surface area contributed by atoms with Gasteiger partial charge in [-0.1, -0.05) is 0 Å². The molecular formula is C17H25N3O4. The predicted molar refractivity (Wildman–Crippen MR) is 88.5 cm³/mol. The molecule has 24 heavy (non-hydrogen) atoms. The Bertz CT molecular complexity index is 580. The van der Waals surface area contributed by atoms with Crippen molar-refractivity contribution >= 4 is 11.7 Å². The Morgan fingerprint density at radius 3 is 3.00 bits per heavy atom. The Morgan fingerprint density at radius 1 is 1.50 bits per heavy atom. The Hall–Kier alpha value is -1.70. The van der Waals surface area contributed by atoms with E-state index >= 15 is 0 Å². The number of methoxy groups -OCH3 is 1. The van der Waals surface area contributed by atoms with E-state index in [0.29, 0.717) is 24.5 Å². The zero-order valence-electron chi connectivity index (χ0n) is 14.0. The maximum absolute atomic E-state index is 12.9. The number of hydrogen-bond donors (Lipinski definition) is 2. The number of nitrogens with two attached hydrogens (primary N) is 1. The largest absolute Gasteiger partial charge is 0.394 e. The smallest absolute Gasteiger partial charge is 0.255 e. The number of carbonyl (C=O) groups is 1. The molecule has 0 spiro atoms. The first-order chi connectivity index (χ1) is 11.6. The van der Waals surface area contributed by atoms with Gasteiger partial charge in [0, 0.05) is 19.9 Å². The lowest BCUT2D eigenvalue weighted by atomic mass is 9.79. The highest BCUT2D eigenvalue weighted by molar-refractivity contribution is 5.94. The van der Waals surface area contributed by atoms with E-state index < -0.39 is 0 Å². The molecule has 1 aromatic rings. The minimum absolute atomic E-state index is 0.0103. The molecule has 3 rings (SSSR count). The summed E-state index contributed by atoms with van der Waals surface area (Å²) in [5.41, 5.74) is 5.84. The second-order valence-electron chi connectivity index (χ2n) is 6.50. The average molecular weight is 335 g/mol. The number of hydrogen-bond acceptors (Lipinski definition) is 6. The van der Waals surface area contributed by atoms with Gasteiger partial charge in [-0.05, 0) is 37.8 Å². The van der Waals surface area contributed by atoms with E-state index in [-0.39, 0.29) is 30.3 Å². The lowest BCUT2D eigenvalue weighted by molar-refractivity contribution is -0.0992. The summed E-state index contributed by atoms with van der Waals surface area (Å²) in [6.07, 6.45) is 4.86. The molecule has 0 aromatic carbocycles. The van der Waals surface area contributed by atoms with Crippen LogP contribution in [0.4, 0.5) is 5.82 Å². The van der Waals surface area contributed by atoms with Crippen molar-refractivity contribution in [2.75, 3.05) is 32.6 Å². The third-order valence-corrected chi connectivity index (χ3v) is 5.28. The number of likely N-dealkylation sites (tertiary alicyclic amines) is 1. The predicted octanol–water partition coefficient (Wildman–Crippen LogP) is 0.825. The summed E-state index contributed by atoms with van der Waals surface area (Å²) in [6.45, 7) is 0.998. The van der Waals surface area contributed by atoms with Gasteiger partial charge in [-0.15, -0.1) is 0 Å². The van der Waals surface area contributed by atoms with Gasteiger partial charge in [0.2, 0.25) is 0 Å².